The molecule has 2 N–H and O–H groups in total. The van der Waals surface area contributed by atoms with Crippen LogP contribution in [0.2, 0.25) is 0 Å². The average Bonchev–Trinajstić information content (AvgIpc) is 2.64. The fourth-order valence-electron chi connectivity index (χ4n) is 1.99. The van der Waals surface area contributed by atoms with Gasteiger partial charge in [-0.2, -0.15) is 11.8 Å². The SMILES string of the molecule is CC1(C)CN(Cc2csc(CN)n2)CCS1. The molecule has 0 spiro atoms. The van der Waals surface area contributed by atoms with Gasteiger partial charge in [-0.05, 0) is 13.8 Å². The zero-order valence-electron chi connectivity index (χ0n) is 9.90. The van der Waals surface area contributed by atoms with Crippen LogP contribution in [0.15, 0.2) is 5.38 Å². The van der Waals surface area contributed by atoms with Crippen LogP contribution in [-0.4, -0.2) is 33.5 Å². The molecule has 1 aliphatic heterocycles. The third kappa shape index (κ3) is 3.20. The van der Waals surface area contributed by atoms with E-state index in [1.807, 2.05) is 0 Å². The van der Waals surface area contributed by atoms with Crippen LogP contribution in [0.1, 0.15) is 24.5 Å². The Labute approximate surface area is 105 Å². The Kier molecular flexibility index (Phi) is 3.89. The number of aromatic nitrogens is 1. The quantitative estimate of drug-likeness (QED) is 0.898. The molecular weight excluding hydrogens is 238 g/mol. The van der Waals surface area contributed by atoms with E-state index in [1.165, 1.54) is 18.0 Å². The van der Waals surface area contributed by atoms with Crippen molar-refractivity contribution in [1.29, 1.82) is 0 Å². The summed E-state index contributed by atoms with van der Waals surface area (Å²) < 4.78 is 0.380. The zero-order chi connectivity index (χ0) is 11.6. The van der Waals surface area contributed by atoms with E-state index in [-0.39, 0.29) is 0 Å². The fraction of sp³-hybridized carbons (Fsp3) is 0.727. The first-order valence-electron chi connectivity index (χ1n) is 5.59. The molecule has 90 valence electrons. The standard InChI is InChI=1S/C11H19N3S2/c1-11(2)8-14(3-4-16-11)6-9-7-15-10(5-12)13-9/h7H,3-6,8,12H2,1-2H3. The maximum Gasteiger partial charge on any atom is 0.106 e. The summed E-state index contributed by atoms with van der Waals surface area (Å²) in [4.78, 5) is 7.01. The van der Waals surface area contributed by atoms with Crippen LogP contribution in [0.5, 0.6) is 0 Å². The molecule has 0 radical (unpaired) electrons. The highest BCUT2D eigenvalue weighted by molar-refractivity contribution is 8.00. The summed E-state index contributed by atoms with van der Waals surface area (Å²) in [5, 5.41) is 3.18. The molecule has 2 heterocycles. The Balaban J connectivity index is 1.94. The zero-order valence-corrected chi connectivity index (χ0v) is 11.5. The van der Waals surface area contributed by atoms with Crippen molar-refractivity contribution >= 4 is 23.1 Å². The molecule has 1 aliphatic rings. The van der Waals surface area contributed by atoms with Crippen molar-refractivity contribution in [2.75, 3.05) is 18.8 Å². The summed E-state index contributed by atoms with van der Waals surface area (Å²) in [5.74, 6) is 1.22. The Bertz CT molecular complexity index is 349. The third-order valence-electron chi connectivity index (χ3n) is 2.66. The van der Waals surface area contributed by atoms with E-state index in [4.69, 9.17) is 5.73 Å². The van der Waals surface area contributed by atoms with Gasteiger partial charge in [-0.15, -0.1) is 11.3 Å². The maximum atomic E-state index is 5.57. The van der Waals surface area contributed by atoms with Crippen LogP contribution in [0.3, 0.4) is 0 Å². The van der Waals surface area contributed by atoms with Crippen molar-refractivity contribution in [3.63, 3.8) is 0 Å². The fourth-order valence-corrected chi connectivity index (χ4v) is 3.84. The molecule has 1 fully saturated rings. The van der Waals surface area contributed by atoms with Crippen molar-refractivity contribution in [1.82, 2.24) is 9.88 Å². The monoisotopic (exact) mass is 257 g/mol. The molecule has 0 bridgehead atoms. The molecule has 2 rings (SSSR count). The molecular formula is C11H19N3S2. The Morgan fingerprint density at radius 2 is 2.38 bits per heavy atom. The van der Waals surface area contributed by atoms with Crippen LogP contribution in [0, 0.1) is 0 Å². The van der Waals surface area contributed by atoms with Gasteiger partial charge in [0, 0.05) is 42.1 Å². The van der Waals surface area contributed by atoms with Gasteiger partial charge in [0.2, 0.25) is 0 Å². The predicted octanol–water partition coefficient (Wildman–Crippen LogP) is 1.93. The molecule has 1 aromatic heterocycles. The molecule has 0 aromatic carbocycles. The largest absolute Gasteiger partial charge is 0.325 e. The summed E-state index contributed by atoms with van der Waals surface area (Å²) in [6.07, 6.45) is 0. The van der Waals surface area contributed by atoms with Crippen LogP contribution < -0.4 is 5.73 Å². The van der Waals surface area contributed by atoms with Crippen molar-refractivity contribution in [3.8, 4) is 0 Å². The van der Waals surface area contributed by atoms with Gasteiger partial charge in [0.1, 0.15) is 5.01 Å². The normalized spacial score (nSPS) is 21.2. The molecule has 0 amide bonds. The number of hydrogen-bond acceptors (Lipinski definition) is 5. The first-order valence-corrected chi connectivity index (χ1v) is 7.45. The van der Waals surface area contributed by atoms with Crippen LogP contribution in [0.4, 0.5) is 0 Å². The first kappa shape index (κ1) is 12.4. The van der Waals surface area contributed by atoms with Crippen molar-refractivity contribution in [2.24, 2.45) is 5.73 Å². The molecule has 1 saturated heterocycles. The third-order valence-corrected chi connectivity index (χ3v) is 4.88. The highest BCUT2D eigenvalue weighted by atomic mass is 32.2. The lowest BCUT2D eigenvalue weighted by molar-refractivity contribution is 0.250. The number of hydrogen-bond donors (Lipinski definition) is 1. The number of nitrogens with zero attached hydrogens (tertiary/aromatic N) is 2. The summed E-state index contributed by atoms with van der Waals surface area (Å²) >= 11 is 3.73. The second kappa shape index (κ2) is 5.04. The van der Waals surface area contributed by atoms with Gasteiger partial charge in [-0.25, -0.2) is 4.98 Å². The van der Waals surface area contributed by atoms with Gasteiger partial charge >= 0.3 is 0 Å². The van der Waals surface area contributed by atoms with E-state index in [2.05, 4.69) is 40.9 Å². The lowest BCUT2D eigenvalue weighted by Crippen LogP contribution is -2.42. The lowest BCUT2D eigenvalue weighted by atomic mass is 10.2. The van der Waals surface area contributed by atoms with E-state index >= 15 is 0 Å². The number of rotatable bonds is 3. The van der Waals surface area contributed by atoms with E-state index in [0.29, 0.717) is 11.3 Å². The molecule has 1 aromatic rings. The molecule has 0 aliphatic carbocycles. The van der Waals surface area contributed by atoms with Gasteiger partial charge in [-0.3, -0.25) is 4.90 Å². The summed E-state index contributed by atoms with van der Waals surface area (Å²) in [6.45, 7) is 8.48. The molecule has 3 nitrogen and oxygen atoms in total. The van der Waals surface area contributed by atoms with Crippen molar-refractivity contribution in [2.45, 2.75) is 31.7 Å². The smallest absolute Gasteiger partial charge is 0.106 e. The predicted molar refractivity (Wildman–Crippen MR) is 71.8 cm³/mol. The highest BCUT2D eigenvalue weighted by Crippen LogP contribution is 2.30. The number of thioether (sulfide) groups is 1. The van der Waals surface area contributed by atoms with Gasteiger partial charge in [-0.1, -0.05) is 0 Å². The minimum Gasteiger partial charge on any atom is -0.325 e. The van der Waals surface area contributed by atoms with E-state index in [0.717, 1.165) is 18.1 Å². The van der Waals surface area contributed by atoms with Gasteiger partial charge in [0.05, 0.1) is 5.69 Å². The minimum absolute atomic E-state index is 0.380. The molecule has 0 unspecified atom stereocenters. The number of nitrogens with two attached hydrogens (primary N) is 1. The lowest BCUT2D eigenvalue weighted by Gasteiger charge is -2.37. The van der Waals surface area contributed by atoms with E-state index in [9.17, 15) is 0 Å². The van der Waals surface area contributed by atoms with Crippen molar-refractivity contribution in [3.05, 3.63) is 16.1 Å². The van der Waals surface area contributed by atoms with Gasteiger partial charge in [0.25, 0.3) is 0 Å². The molecule has 0 saturated carbocycles. The Morgan fingerprint density at radius 1 is 1.56 bits per heavy atom. The molecule has 16 heavy (non-hydrogen) atoms. The van der Waals surface area contributed by atoms with Crippen molar-refractivity contribution < 1.29 is 0 Å². The van der Waals surface area contributed by atoms with Crippen LogP contribution >= 0.6 is 23.1 Å². The van der Waals surface area contributed by atoms with Crippen LogP contribution in [-0.2, 0) is 13.1 Å². The van der Waals surface area contributed by atoms with E-state index in [1.54, 1.807) is 11.3 Å². The van der Waals surface area contributed by atoms with E-state index < -0.39 is 0 Å². The summed E-state index contributed by atoms with van der Waals surface area (Å²) in [5.41, 5.74) is 6.74. The van der Waals surface area contributed by atoms with Gasteiger partial charge in [0.15, 0.2) is 0 Å². The average molecular weight is 257 g/mol. The highest BCUT2D eigenvalue weighted by Gasteiger charge is 2.27. The Hall–Kier alpha value is -0.100. The van der Waals surface area contributed by atoms with Crippen LogP contribution in [0.25, 0.3) is 0 Å². The minimum atomic E-state index is 0.380. The second-order valence-electron chi connectivity index (χ2n) is 4.76. The maximum absolute atomic E-state index is 5.57. The topological polar surface area (TPSA) is 42.1 Å². The first-order chi connectivity index (χ1) is 7.59. The van der Waals surface area contributed by atoms with Gasteiger partial charge < -0.3 is 5.73 Å². The second-order valence-corrected chi connectivity index (χ2v) is 7.50. The summed E-state index contributed by atoms with van der Waals surface area (Å²) in [7, 11) is 0. The molecule has 5 heteroatoms. The molecule has 0 atom stereocenters. The summed E-state index contributed by atoms with van der Waals surface area (Å²) in [6, 6.07) is 0. The Morgan fingerprint density at radius 3 is 3.00 bits per heavy atom. The number of thiazole rings is 1.